The minimum absolute atomic E-state index is 0.0108. The van der Waals surface area contributed by atoms with E-state index in [2.05, 4.69) is 26.1 Å². The Hall–Kier alpha value is -2.92. The number of phenolic OH excluding ortho intramolecular Hbond substituents is 1. The van der Waals surface area contributed by atoms with Gasteiger partial charge in [-0.25, -0.2) is 0 Å². The van der Waals surface area contributed by atoms with Crippen LogP contribution in [0.25, 0.3) is 0 Å². The van der Waals surface area contributed by atoms with Crippen LogP contribution in [0.1, 0.15) is 55.1 Å². The van der Waals surface area contributed by atoms with Crippen molar-refractivity contribution >= 4 is 29.1 Å². The molecule has 0 bridgehead atoms. The zero-order valence-electron chi connectivity index (χ0n) is 22.8. The second kappa shape index (κ2) is 9.92. The van der Waals surface area contributed by atoms with Gasteiger partial charge in [-0.05, 0) is 68.4 Å². The fraction of sp³-hybridized carbons (Fsp3) is 0.536. The van der Waals surface area contributed by atoms with Crippen LogP contribution in [0.5, 0.6) is 5.75 Å². The molecule has 0 saturated carbocycles. The van der Waals surface area contributed by atoms with Crippen molar-refractivity contribution in [3.8, 4) is 5.75 Å². The van der Waals surface area contributed by atoms with Crippen molar-refractivity contribution < 1.29 is 34.8 Å². The molecule has 4 atom stereocenters. The maximum Gasteiger partial charge on any atom is 0.255 e. The van der Waals surface area contributed by atoms with Crippen molar-refractivity contribution in [3.05, 3.63) is 50.4 Å². The first-order valence-corrected chi connectivity index (χ1v) is 13.3. The van der Waals surface area contributed by atoms with Gasteiger partial charge in [0.1, 0.15) is 22.8 Å². The van der Waals surface area contributed by atoms with E-state index in [1.807, 2.05) is 0 Å². The van der Waals surface area contributed by atoms with Crippen LogP contribution in [0, 0.1) is 17.3 Å². The Morgan fingerprint density at radius 3 is 2.44 bits per heavy atom. The molecule has 212 valence electrons. The van der Waals surface area contributed by atoms with Crippen molar-refractivity contribution in [3.63, 3.8) is 0 Å². The fourth-order valence-electron chi connectivity index (χ4n) is 6.17. The number of rotatable bonds is 6. The quantitative estimate of drug-likeness (QED) is 0.225. The van der Waals surface area contributed by atoms with Gasteiger partial charge in [-0.1, -0.05) is 32.4 Å². The summed E-state index contributed by atoms with van der Waals surface area (Å²) in [5.41, 5.74) is 2.71. The average Bonchev–Trinajstić information content (AvgIpc) is 2.80. The van der Waals surface area contributed by atoms with Gasteiger partial charge in [-0.15, -0.1) is 0 Å². The summed E-state index contributed by atoms with van der Waals surface area (Å²) in [5, 5.41) is 48.3. The number of likely N-dealkylation sites (N-methyl/N-ethyl adjacent to an activating group) is 1. The van der Waals surface area contributed by atoms with E-state index < -0.39 is 58.0 Å². The first-order chi connectivity index (χ1) is 18.0. The van der Waals surface area contributed by atoms with Crippen molar-refractivity contribution in [1.82, 2.24) is 10.2 Å². The number of halogens is 1. The van der Waals surface area contributed by atoms with Crippen molar-refractivity contribution in [2.75, 3.05) is 20.6 Å². The Bertz CT molecular complexity index is 1330. The average molecular weight is 562 g/mol. The molecule has 11 heteroatoms. The van der Waals surface area contributed by atoms with Gasteiger partial charge < -0.3 is 31.5 Å². The number of Topliss-reactive ketones (excluding diaryl/α,β-unsaturated/α-hetero) is 2. The maximum atomic E-state index is 13.7. The lowest BCUT2D eigenvalue weighted by atomic mass is 9.58. The zero-order valence-corrected chi connectivity index (χ0v) is 23.5. The van der Waals surface area contributed by atoms with Crippen LogP contribution in [-0.4, -0.2) is 75.1 Å². The van der Waals surface area contributed by atoms with Crippen molar-refractivity contribution in [2.45, 2.75) is 58.2 Å². The molecule has 0 heterocycles. The standard InChI is InChI=1S/C28H36ClN3O7/c1-27(2,3)6-7-31-11-13-10-16(33)18-14(20(13)29)8-12-9-15-21(32(4)5)23(35)19(26(30)38)25(37)28(15,39)24(36)17(12)22(18)34/h10,12,15,21,31,33,35-36,39H,6-9,11H2,1-5H3,(H2,30,38)/t12-,15-,21-,28-/m0/s1. The molecule has 4 rings (SSSR count). The third kappa shape index (κ3) is 4.63. The van der Waals surface area contributed by atoms with Gasteiger partial charge in [-0.2, -0.15) is 0 Å². The topological polar surface area (TPSA) is 173 Å². The van der Waals surface area contributed by atoms with Crippen LogP contribution in [0.2, 0.25) is 5.02 Å². The minimum atomic E-state index is -2.67. The number of primary amides is 1. The molecule has 1 amide bonds. The number of aliphatic hydroxyl groups is 3. The second-order valence-electron chi connectivity index (χ2n) is 12.2. The molecule has 7 N–H and O–H groups in total. The summed E-state index contributed by atoms with van der Waals surface area (Å²) < 4.78 is 0. The van der Waals surface area contributed by atoms with E-state index >= 15 is 0 Å². The number of carbonyl (C=O) groups is 3. The number of nitrogens with two attached hydrogens (primary N) is 1. The summed E-state index contributed by atoms with van der Waals surface area (Å²) in [4.78, 5) is 40.6. The largest absolute Gasteiger partial charge is 0.510 e. The molecule has 0 fully saturated rings. The number of ketones is 2. The van der Waals surface area contributed by atoms with Crippen molar-refractivity contribution in [2.24, 2.45) is 23.0 Å². The van der Waals surface area contributed by atoms with E-state index in [1.165, 1.54) is 11.0 Å². The predicted molar refractivity (Wildman–Crippen MR) is 144 cm³/mol. The summed E-state index contributed by atoms with van der Waals surface area (Å²) >= 11 is 6.75. The van der Waals surface area contributed by atoms with E-state index in [0.717, 1.165) is 13.0 Å². The lowest BCUT2D eigenvalue weighted by molar-refractivity contribution is -0.148. The number of aliphatic hydroxyl groups excluding tert-OH is 2. The highest BCUT2D eigenvalue weighted by Crippen LogP contribution is 2.53. The molecule has 0 aromatic heterocycles. The zero-order chi connectivity index (χ0) is 29.2. The molecule has 39 heavy (non-hydrogen) atoms. The number of hydrogen-bond donors (Lipinski definition) is 6. The number of fused-ring (bicyclic) bond motifs is 3. The minimum Gasteiger partial charge on any atom is -0.510 e. The van der Waals surface area contributed by atoms with Gasteiger partial charge in [0.2, 0.25) is 5.78 Å². The van der Waals surface area contributed by atoms with E-state index in [0.29, 0.717) is 22.7 Å². The molecule has 1 aromatic carbocycles. The molecule has 0 unspecified atom stereocenters. The number of nitrogens with zero attached hydrogens (tertiary/aromatic N) is 1. The summed E-state index contributed by atoms with van der Waals surface area (Å²) in [6.07, 6.45) is 1.08. The lowest BCUT2D eigenvalue weighted by Crippen LogP contribution is -2.63. The maximum absolute atomic E-state index is 13.7. The first kappa shape index (κ1) is 29.1. The van der Waals surface area contributed by atoms with E-state index in [4.69, 9.17) is 17.3 Å². The van der Waals surface area contributed by atoms with Crippen LogP contribution >= 0.6 is 11.6 Å². The summed E-state index contributed by atoms with van der Waals surface area (Å²) in [6.45, 7) is 7.50. The molecule has 0 saturated heterocycles. The number of nitrogens with one attached hydrogen (secondary N) is 1. The monoisotopic (exact) mass is 561 g/mol. The van der Waals surface area contributed by atoms with E-state index in [1.54, 1.807) is 14.1 Å². The molecule has 0 radical (unpaired) electrons. The number of hydrogen-bond acceptors (Lipinski definition) is 9. The van der Waals surface area contributed by atoms with E-state index in [-0.39, 0.29) is 35.1 Å². The lowest BCUT2D eigenvalue weighted by Gasteiger charge is -2.50. The number of aromatic hydroxyl groups is 1. The molecule has 0 aliphatic heterocycles. The predicted octanol–water partition coefficient (Wildman–Crippen LogP) is 2.30. The number of phenols is 1. The highest BCUT2D eigenvalue weighted by atomic mass is 35.5. The molecular formula is C28H36ClN3O7. The van der Waals surface area contributed by atoms with Crippen molar-refractivity contribution in [1.29, 1.82) is 0 Å². The van der Waals surface area contributed by atoms with Crippen LogP contribution < -0.4 is 11.1 Å². The Kier molecular flexibility index (Phi) is 7.40. The first-order valence-electron chi connectivity index (χ1n) is 12.9. The molecule has 10 nitrogen and oxygen atoms in total. The SMILES string of the molecule is CN(C)[C@@H]1C(O)=C(C(N)=O)C(=O)[C@@]2(O)C(O)=C3C(=O)c4c(O)cc(CNCCC(C)(C)C)c(Cl)c4C[C@H]3C[C@@H]12. The normalized spacial score (nSPS) is 27.0. The summed E-state index contributed by atoms with van der Waals surface area (Å²) in [7, 11) is 3.17. The molecule has 1 aromatic rings. The summed E-state index contributed by atoms with van der Waals surface area (Å²) in [6, 6.07) is 0.360. The van der Waals surface area contributed by atoms with E-state index in [9.17, 15) is 34.8 Å². The van der Waals surface area contributed by atoms with Crippen LogP contribution in [-0.2, 0) is 22.6 Å². The Balaban J connectivity index is 1.78. The van der Waals surface area contributed by atoms with Gasteiger partial charge >= 0.3 is 0 Å². The van der Waals surface area contributed by atoms with Crippen LogP contribution in [0.15, 0.2) is 28.7 Å². The smallest absolute Gasteiger partial charge is 0.255 e. The number of carbonyl (C=O) groups excluding carboxylic acids is 3. The van der Waals surface area contributed by atoms with Crippen LogP contribution in [0.4, 0.5) is 0 Å². The number of amides is 1. The fourth-order valence-corrected chi connectivity index (χ4v) is 6.46. The Morgan fingerprint density at radius 1 is 1.23 bits per heavy atom. The van der Waals surface area contributed by atoms with Gasteiger partial charge in [-0.3, -0.25) is 19.3 Å². The summed E-state index contributed by atoms with van der Waals surface area (Å²) in [5.74, 6) is -6.87. The molecule has 0 spiro atoms. The van der Waals surface area contributed by atoms with Crippen LogP contribution in [0.3, 0.4) is 0 Å². The molecule has 3 aliphatic rings. The molecule has 3 aliphatic carbocycles. The third-order valence-corrected chi connectivity index (χ3v) is 8.57. The Morgan fingerprint density at radius 2 is 1.87 bits per heavy atom. The molecular weight excluding hydrogens is 526 g/mol. The van der Waals surface area contributed by atoms with Gasteiger partial charge in [0.05, 0.1) is 11.6 Å². The third-order valence-electron chi connectivity index (χ3n) is 8.10. The van der Waals surface area contributed by atoms with Gasteiger partial charge in [0, 0.05) is 23.1 Å². The second-order valence-corrected chi connectivity index (χ2v) is 12.6. The van der Waals surface area contributed by atoms with Gasteiger partial charge in [0.25, 0.3) is 5.91 Å². The highest BCUT2D eigenvalue weighted by Gasteiger charge is 2.63. The number of benzene rings is 1. The Labute approximate surface area is 232 Å². The highest BCUT2D eigenvalue weighted by molar-refractivity contribution is 6.33. The van der Waals surface area contributed by atoms with Gasteiger partial charge in [0.15, 0.2) is 11.4 Å². The number of allylic oxidation sites excluding steroid dienone is 1.